The second-order valence-electron chi connectivity index (χ2n) is 1.85. The van der Waals surface area contributed by atoms with Crippen molar-refractivity contribution in [3.63, 3.8) is 0 Å². The first-order chi connectivity index (χ1) is 4.72. The van der Waals surface area contributed by atoms with Gasteiger partial charge in [0.15, 0.2) is 0 Å². The summed E-state index contributed by atoms with van der Waals surface area (Å²) in [6.45, 7) is 0. The van der Waals surface area contributed by atoms with Crippen molar-refractivity contribution in [2.45, 2.75) is 0 Å². The summed E-state index contributed by atoms with van der Waals surface area (Å²) in [4.78, 5) is 3.65. The van der Waals surface area contributed by atoms with Crippen molar-refractivity contribution < 1.29 is 10.0 Å². The van der Waals surface area contributed by atoms with E-state index in [4.69, 9.17) is 15.8 Å². The van der Waals surface area contributed by atoms with E-state index in [1.807, 2.05) is 0 Å². The van der Waals surface area contributed by atoms with Crippen molar-refractivity contribution in [3.05, 3.63) is 18.3 Å². The van der Waals surface area contributed by atoms with Gasteiger partial charge in [-0.15, -0.1) is 0 Å². The molecule has 0 amide bonds. The summed E-state index contributed by atoms with van der Waals surface area (Å²) in [5, 5.41) is 17.2. The number of hydrogen-bond acceptors (Lipinski definition) is 4. The van der Waals surface area contributed by atoms with Crippen molar-refractivity contribution in [2.75, 3.05) is 5.73 Å². The van der Waals surface area contributed by atoms with Crippen LogP contribution in [0.2, 0.25) is 0 Å². The standard InChI is InChI=1S/C5H7BN2O2/c7-4-2-1-3-8-5(4)6(9)10/h1-3,9-10H,7H2. The number of hydrogen-bond donors (Lipinski definition) is 3. The van der Waals surface area contributed by atoms with E-state index in [0.717, 1.165) is 0 Å². The van der Waals surface area contributed by atoms with Gasteiger partial charge < -0.3 is 15.8 Å². The van der Waals surface area contributed by atoms with Crippen LogP contribution in [0.4, 0.5) is 5.69 Å². The first kappa shape index (κ1) is 7.05. The lowest BCUT2D eigenvalue weighted by molar-refractivity contribution is 0.424. The zero-order chi connectivity index (χ0) is 7.56. The summed E-state index contributed by atoms with van der Waals surface area (Å²) in [7, 11) is -1.58. The van der Waals surface area contributed by atoms with E-state index in [2.05, 4.69) is 4.98 Å². The van der Waals surface area contributed by atoms with Crippen molar-refractivity contribution in [2.24, 2.45) is 0 Å². The van der Waals surface area contributed by atoms with Crippen LogP contribution in [-0.2, 0) is 0 Å². The Morgan fingerprint density at radius 3 is 2.60 bits per heavy atom. The summed E-state index contributed by atoms with van der Waals surface area (Å²) in [6, 6.07) is 3.18. The normalized spacial score (nSPS) is 9.40. The molecule has 1 heterocycles. The third-order valence-electron chi connectivity index (χ3n) is 1.12. The number of anilines is 1. The van der Waals surface area contributed by atoms with Gasteiger partial charge in [-0.05, 0) is 12.1 Å². The summed E-state index contributed by atoms with van der Waals surface area (Å²) < 4.78 is 0. The van der Waals surface area contributed by atoms with Gasteiger partial charge in [-0.25, -0.2) is 0 Å². The maximum atomic E-state index is 8.62. The van der Waals surface area contributed by atoms with Crippen LogP contribution in [0.5, 0.6) is 0 Å². The van der Waals surface area contributed by atoms with E-state index in [-0.39, 0.29) is 11.3 Å². The number of aromatic nitrogens is 1. The minimum absolute atomic E-state index is 0.0995. The summed E-state index contributed by atoms with van der Waals surface area (Å²) in [5.41, 5.74) is 5.73. The molecule has 0 aromatic carbocycles. The second kappa shape index (κ2) is 2.68. The summed E-state index contributed by atoms with van der Waals surface area (Å²) in [5.74, 6) is 0. The van der Waals surface area contributed by atoms with E-state index in [1.54, 1.807) is 12.1 Å². The smallest absolute Gasteiger partial charge is 0.422 e. The highest BCUT2D eigenvalue weighted by molar-refractivity contribution is 6.59. The Hall–Kier alpha value is -1.07. The Morgan fingerprint density at radius 2 is 2.20 bits per heavy atom. The van der Waals surface area contributed by atoms with Crippen LogP contribution in [0.25, 0.3) is 0 Å². The Labute approximate surface area is 58.5 Å². The van der Waals surface area contributed by atoms with Gasteiger partial charge in [0.2, 0.25) is 0 Å². The van der Waals surface area contributed by atoms with E-state index in [1.165, 1.54) is 6.20 Å². The Morgan fingerprint density at radius 1 is 1.50 bits per heavy atom. The number of nitrogens with two attached hydrogens (primary N) is 1. The van der Waals surface area contributed by atoms with E-state index in [9.17, 15) is 0 Å². The molecular weight excluding hydrogens is 131 g/mol. The van der Waals surface area contributed by atoms with E-state index >= 15 is 0 Å². The Balaban J connectivity index is 3.03. The molecule has 0 spiro atoms. The van der Waals surface area contributed by atoms with Crippen LogP contribution < -0.4 is 11.3 Å². The molecule has 5 heteroatoms. The van der Waals surface area contributed by atoms with Gasteiger partial charge in [-0.2, -0.15) is 0 Å². The molecular formula is C5H7BN2O2. The highest BCUT2D eigenvalue weighted by atomic mass is 16.4. The molecule has 0 aliphatic heterocycles. The zero-order valence-electron chi connectivity index (χ0n) is 5.23. The lowest BCUT2D eigenvalue weighted by atomic mass is 9.84. The number of pyridine rings is 1. The van der Waals surface area contributed by atoms with Crippen molar-refractivity contribution in [3.8, 4) is 0 Å². The predicted molar refractivity (Wildman–Crippen MR) is 38.5 cm³/mol. The van der Waals surface area contributed by atoms with Gasteiger partial charge in [-0.3, -0.25) is 4.98 Å². The van der Waals surface area contributed by atoms with Crippen molar-refractivity contribution >= 4 is 18.4 Å². The average Bonchev–Trinajstić information content (AvgIpc) is 1.88. The van der Waals surface area contributed by atoms with Crippen LogP contribution >= 0.6 is 0 Å². The minimum Gasteiger partial charge on any atom is -0.422 e. The third kappa shape index (κ3) is 1.26. The van der Waals surface area contributed by atoms with Crippen LogP contribution in [-0.4, -0.2) is 22.2 Å². The first-order valence-corrected chi connectivity index (χ1v) is 2.78. The predicted octanol–water partition coefficient (Wildman–Crippen LogP) is -1.66. The number of nitrogens with zero attached hydrogens (tertiary/aromatic N) is 1. The molecule has 1 aromatic rings. The second-order valence-corrected chi connectivity index (χ2v) is 1.85. The molecule has 0 atom stereocenters. The molecule has 0 unspecified atom stereocenters. The number of rotatable bonds is 1. The van der Waals surface area contributed by atoms with E-state index in [0.29, 0.717) is 0 Å². The summed E-state index contributed by atoms with van der Waals surface area (Å²) in [6.07, 6.45) is 1.45. The SMILES string of the molecule is Nc1cccnc1B(O)O. The lowest BCUT2D eigenvalue weighted by Gasteiger charge is -1.99. The quantitative estimate of drug-likeness (QED) is 0.406. The molecule has 1 rings (SSSR count). The Kier molecular flexibility index (Phi) is 1.89. The zero-order valence-corrected chi connectivity index (χ0v) is 5.23. The Bertz CT molecular complexity index is 229. The van der Waals surface area contributed by atoms with Gasteiger partial charge in [0.1, 0.15) is 0 Å². The number of nitrogen functional groups attached to an aromatic ring is 1. The van der Waals surface area contributed by atoms with Gasteiger partial charge in [0.05, 0.1) is 5.59 Å². The van der Waals surface area contributed by atoms with Crippen molar-refractivity contribution in [1.82, 2.24) is 4.98 Å². The molecule has 0 aliphatic rings. The average molecular weight is 138 g/mol. The largest absolute Gasteiger partial charge is 0.510 e. The molecule has 0 aliphatic carbocycles. The maximum absolute atomic E-state index is 8.62. The molecule has 10 heavy (non-hydrogen) atoms. The lowest BCUT2D eigenvalue weighted by Crippen LogP contribution is -2.34. The molecule has 1 aromatic heterocycles. The van der Waals surface area contributed by atoms with Gasteiger partial charge in [-0.1, -0.05) is 0 Å². The van der Waals surface area contributed by atoms with Gasteiger partial charge >= 0.3 is 7.12 Å². The fourth-order valence-corrected chi connectivity index (χ4v) is 0.646. The first-order valence-electron chi connectivity index (χ1n) is 2.78. The molecule has 4 nitrogen and oxygen atoms in total. The van der Waals surface area contributed by atoms with Gasteiger partial charge in [0.25, 0.3) is 0 Å². The minimum atomic E-state index is -1.58. The monoisotopic (exact) mass is 138 g/mol. The third-order valence-corrected chi connectivity index (χ3v) is 1.12. The summed E-state index contributed by atoms with van der Waals surface area (Å²) >= 11 is 0. The molecule has 0 saturated carbocycles. The molecule has 0 bridgehead atoms. The van der Waals surface area contributed by atoms with E-state index < -0.39 is 7.12 Å². The van der Waals surface area contributed by atoms with Crippen LogP contribution in [0.3, 0.4) is 0 Å². The highest BCUT2D eigenvalue weighted by Gasteiger charge is 2.14. The molecule has 4 N–H and O–H groups in total. The fraction of sp³-hybridized carbons (Fsp3) is 0. The van der Waals surface area contributed by atoms with Gasteiger partial charge in [0, 0.05) is 11.9 Å². The molecule has 52 valence electrons. The molecule has 0 saturated heterocycles. The van der Waals surface area contributed by atoms with Crippen LogP contribution in [0.1, 0.15) is 0 Å². The topological polar surface area (TPSA) is 79.4 Å². The van der Waals surface area contributed by atoms with Crippen LogP contribution in [0, 0.1) is 0 Å². The van der Waals surface area contributed by atoms with Crippen molar-refractivity contribution in [1.29, 1.82) is 0 Å². The highest BCUT2D eigenvalue weighted by Crippen LogP contribution is 1.92. The maximum Gasteiger partial charge on any atom is 0.510 e. The van der Waals surface area contributed by atoms with Crippen LogP contribution in [0.15, 0.2) is 18.3 Å². The fourth-order valence-electron chi connectivity index (χ4n) is 0.646. The molecule has 0 fully saturated rings. The molecule has 0 radical (unpaired) electrons.